The van der Waals surface area contributed by atoms with Crippen LogP contribution in [-0.2, 0) is 22.0 Å². The zero-order valence-electron chi connectivity index (χ0n) is 17.6. The molecule has 2 aromatic carbocycles. The first-order chi connectivity index (χ1) is 15.5. The lowest BCUT2D eigenvalue weighted by molar-refractivity contribution is -0.296. The lowest BCUT2D eigenvalue weighted by Crippen LogP contribution is -2.58. The first-order valence-electron chi connectivity index (χ1n) is 9.49. The smallest absolute Gasteiger partial charge is 0.408 e. The van der Waals surface area contributed by atoms with Crippen molar-refractivity contribution in [2.24, 2.45) is 0 Å². The number of nitrogens with one attached hydrogen (secondary N) is 1. The number of nitrogens with zero attached hydrogens (tertiary/aromatic N) is 1. The first kappa shape index (κ1) is 27.1. The summed E-state index contributed by atoms with van der Waals surface area (Å²) in [6.07, 6.45) is -12.5. The van der Waals surface area contributed by atoms with Gasteiger partial charge in [-0.15, -0.1) is 0 Å². The molecule has 0 fully saturated rings. The predicted octanol–water partition coefficient (Wildman–Crippen LogP) is 4.59. The highest BCUT2D eigenvalue weighted by Crippen LogP contribution is 2.53. The molecule has 2 rings (SSSR count). The number of carbonyl (C=O) groups excluding carboxylic acids is 1. The van der Waals surface area contributed by atoms with Gasteiger partial charge in [-0.2, -0.15) is 31.6 Å². The third-order valence-corrected chi connectivity index (χ3v) is 5.95. The molecule has 0 bridgehead atoms. The standard InChI is InChI=1S/C21H18F6N2O4S/c1-3-14-9-16(19(20(22,23)24,21(25,26)27)11-34(31,32)33)8-12(2)17(14)29-18(30)15-6-4-13(10-28)5-7-15/h4-9H,3,11H2,1-2H3,(H,29,30)(H,31,32,33)/p-1. The fraction of sp³-hybridized carbons (Fsp3) is 0.333. The van der Waals surface area contributed by atoms with Crippen LogP contribution in [0.5, 0.6) is 0 Å². The Hall–Kier alpha value is -3.11. The quantitative estimate of drug-likeness (QED) is 0.454. The zero-order valence-corrected chi connectivity index (χ0v) is 18.5. The Morgan fingerprint density at radius 2 is 1.59 bits per heavy atom. The maximum atomic E-state index is 13.8. The third-order valence-electron chi connectivity index (χ3n) is 5.17. The molecule has 1 N–H and O–H groups in total. The second-order valence-electron chi connectivity index (χ2n) is 7.43. The van der Waals surface area contributed by atoms with Crippen molar-refractivity contribution in [2.45, 2.75) is 38.0 Å². The predicted molar refractivity (Wildman–Crippen MR) is 108 cm³/mol. The average molecular weight is 507 g/mol. The SMILES string of the molecule is CCc1cc(C(CS(=O)(=O)[O-])(C(F)(F)F)C(F)(F)F)cc(C)c1NC(=O)c1ccc(C#N)cc1. The summed E-state index contributed by atoms with van der Waals surface area (Å²) in [7, 11) is -5.98. The molecule has 0 saturated heterocycles. The Bertz CT molecular complexity index is 1220. The molecular formula is C21H17F6N2O4S-. The number of halogens is 6. The minimum absolute atomic E-state index is 0.0659. The van der Waals surface area contributed by atoms with Crippen LogP contribution in [0.1, 0.15) is 39.5 Å². The molecule has 0 unspecified atom stereocenters. The van der Waals surface area contributed by atoms with Crippen LogP contribution in [0.4, 0.5) is 32.0 Å². The van der Waals surface area contributed by atoms with Gasteiger partial charge in [0.1, 0.15) is 0 Å². The van der Waals surface area contributed by atoms with E-state index in [-0.39, 0.29) is 34.4 Å². The van der Waals surface area contributed by atoms with E-state index in [9.17, 15) is 44.1 Å². The van der Waals surface area contributed by atoms with Gasteiger partial charge in [-0.25, -0.2) is 8.42 Å². The molecule has 0 aliphatic rings. The number of hydrogen-bond acceptors (Lipinski definition) is 5. The topological polar surface area (TPSA) is 110 Å². The van der Waals surface area contributed by atoms with E-state index in [1.54, 1.807) is 0 Å². The molecule has 1 amide bonds. The molecule has 0 spiro atoms. The minimum atomic E-state index is -6.17. The maximum Gasteiger partial charge on any atom is 0.408 e. The number of hydrogen-bond donors (Lipinski definition) is 1. The van der Waals surface area contributed by atoms with Crippen molar-refractivity contribution in [3.63, 3.8) is 0 Å². The van der Waals surface area contributed by atoms with Crippen LogP contribution in [0.2, 0.25) is 0 Å². The van der Waals surface area contributed by atoms with E-state index in [1.807, 2.05) is 6.07 Å². The number of aryl methyl sites for hydroxylation is 2. The highest BCUT2D eigenvalue weighted by Gasteiger charge is 2.72. The van der Waals surface area contributed by atoms with Crippen molar-refractivity contribution in [1.82, 2.24) is 0 Å². The Morgan fingerprint density at radius 1 is 1.06 bits per heavy atom. The van der Waals surface area contributed by atoms with E-state index < -0.39 is 45.1 Å². The van der Waals surface area contributed by atoms with Crippen LogP contribution < -0.4 is 5.32 Å². The summed E-state index contributed by atoms with van der Waals surface area (Å²) >= 11 is 0. The largest absolute Gasteiger partial charge is 0.748 e. The molecule has 0 aromatic heterocycles. The molecule has 0 radical (unpaired) electrons. The average Bonchev–Trinajstić information content (AvgIpc) is 2.70. The number of benzene rings is 2. The van der Waals surface area contributed by atoms with Gasteiger partial charge in [0, 0.05) is 11.3 Å². The molecule has 2 aromatic rings. The fourth-order valence-corrected chi connectivity index (χ4v) is 4.47. The van der Waals surface area contributed by atoms with Crippen LogP contribution in [-0.4, -0.2) is 37.0 Å². The third kappa shape index (κ3) is 5.34. The summed E-state index contributed by atoms with van der Waals surface area (Å²) in [5.74, 6) is -3.51. The maximum absolute atomic E-state index is 13.8. The summed E-state index contributed by atoms with van der Waals surface area (Å²) in [6.45, 7) is 2.55. The molecule has 13 heteroatoms. The Labute approximate surface area is 190 Å². The van der Waals surface area contributed by atoms with Crippen molar-refractivity contribution < 1.29 is 44.1 Å². The van der Waals surface area contributed by atoms with Crippen molar-refractivity contribution in [3.8, 4) is 6.07 Å². The van der Waals surface area contributed by atoms with E-state index in [4.69, 9.17) is 5.26 Å². The highest BCUT2D eigenvalue weighted by atomic mass is 32.2. The summed E-state index contributed by atoms with van der Waals surface area (Å²) in [4.78, 5) is 12.5. The summed E-state index contributed by atoms with van der Waals surface area (Å²) in [6, 6.07) is 8.10. The monoisotopic (exact) mass is 507 g/mol. The molecule has 6 nitrogen and oxygen atoms in total. The Kier molecular flexibility index (Phi) is 7.39. The first-order valence-corrected chi connectivity index (χ1v) is 11.1. The van der Waals surface area contributed by atoms with E-state index in [0.29, 0.717) is 12.1 Å². The van der Waals surface area contributed by atoms with Crippen molar-refractivity contribution >= 4 is 21.7 Å². The summed E-state index contributed by atoms with van der Waals surface area (Å²) in [5.41, 5.74) is -6.53. The van der Waals surface area contributed by atoms with Crippen LogP contribution in [0.15, 0.2) is 36.4 Å². The number of amides is 1. The molecule has 0 atom stereocenters. The molecular weight excluding hydrogens is 490 g/mol. The van der Waals surface area contributed by atoms with Gasteiger partial charge in [0.25, 0.3) is 5.91 Å². The Balaban J connectivity index is 2.68. The number of rotatable bonds is 6. The molecule has 0 saturated carbocycles. The van der Waals surface area contributed by atoms with E-state index in [0.717, 1.165) is 6.92 Å². The number of alkyl halides is 6. The Morgan fingerprint density at radius 3 is 2.00 bits per heavy atom. The number of anilines is 1. The molecule has 0 aliphatic heterocycles. The highest BCUT2D eigenvalue weighted by molar-refractivity contribution is 7.85. The van der Waals surface area contributed by atoms with Crippen LogP contribution in [0.3, 0.4) is 0 Å². The van der Waals surface area contributed by atoms with Crippen LogP contribution in [0, 0.1) is 18.3 Å². The van der Waals surface area contributed by atoms with E-state index in [1.165, 1.54) is 31.2 Å². The van der Waals surface area contributed by atoms with E-state index in [2.05, 4.69) is 5.32 Å². The van der Waals surface area contributed by atoms with Crippen LogP contribution in [0.25, 0.3) is 0 Å². The molecule has 0 heterocycles. The zero-order chi connectivity index (χ0) is 26.1. The summed E-state index contributed by atoms with van der Waals surface area (Å²) in [5, 5.41) is 11.2. The van der Waals surface area contributed by atoms with Gasteiger partial charge in [-0.1, -0.05) is 19.1 Å². The van der Waals surface area contributed by atoms with Gasteiger partial charge in [0.2, 0.25) is 0 Å². The van der Waals surface area contributed by atoms with Crippen molar-refractivity contribution in [2.75, 3.05) is 11.1 Å². The fourth-order valence-electron chi connectivity index (χ4n) is 3.45. The number of carbonyl (C=O) groups is 1. The van der Waals surface area contributed by atoms with Crippen molar-refractivity contribution in [1.29, 1.82) is 5.26 Å². The molecule has 184 valence electrons. The molecule has 34 heavy (non-hydrogen) atoms. The van der Waals surface area contributed by atoms with Gasteiger partial charge in [0.15, 0.2) is 5.41 Å². The van der Waals surface area contributed by atoms with Gasteiger partial charge >= 0.3 is 12.4 Å². The molecule has 0 aliphatic carbocycles. The summed E-state index contributed by atoms with van der Waals surface area (Å²) < 4.78 is 116. The lowest BCUT2D eigenvalue weighted by atomic mass is 9.78. The number of nitriles is 1. The van der Waals surface area contributed by atoms with Gasteiger partial charge < -0.3 is 9.87 Å². The van der Waals surface area contributed by atoms with Crippen LogP contribution >= 0.6 is 0 Å². The van der Waals surface area contributed by atoms with Gasteiger partial charge in [-0.05, 0) is 54.3 Å². The van der Waals surface area contributed by atoms with E-state index >= 15 is 0 Å². The minimum Gasteiger partial charge on any atom is -0.748 e. The normalized spacial score (nSPS) is 12.8. The lowest BCUT2D eigenvalue weighted by Gasteiger charge is -2.39. The van der Waals surface area contributed by atoms with Gasteiger partial charge in [-0.3, -0.25) is 4.79 Å². The van der Waals surface area contributed by atoms with Gasteiger partial charge in [0.05, 0.1) is 27.5 Å². The van der Waals surface area contributed by atoms with Crippen molar-refractivity contribution in [3.05, 3.63) is 64.2 Å². The second-order valence-corrected chi connectivity index (χ2v) is 8.83. The second kappa shape index (κ2) is 9.27.